The molecule has 0 spiro atoms. The molecule has 32 heavy (non-hydrogen) atoms. The lowest BCUT2D eigenvalue weighted by molar-refractivity contribution is 0.0696. The Kier molecular flexibility index (Phi) is 6.77. The Balaban J connectivity index is 1.75. The molecule has 2 aromatic rings. The molecule has 0 saturated carbocycles. The molecule has 0 radical (unpaired) electrons. The standard InChI is InChI=1S/C26H31NO4S/c1-19-10-11-22(18-23(19)24(28)29)32(30,31)27-17-16-26(25(2,3)4)14-12-21(13-15-26)20-8-6-5-7-9-20/h5-14,18,27H,15-17H2,1-4H3,(H,28,29). The van der Waals surface area contributed by atoms with Crippen LogP contribution in [-0.2, 0) is 10.0 Å². The van der Waals surface area contributed by atoms with Gasteiger partial charge in [0, 0.05) is 6.54 Å². The van der Waals surface area contributed by atoms with E-state index in [1.807, 2.05) is 18.2 Å². The van der Waals surface area contributed by atoms with Crippen LogP contribution in [0.25, 0.3) is 5.57 Å². The molecule has 6 heteroatoms. The Morgan fingerprint density at radius 2 is 1.81 bits per heavy atom. The van der Waals surface area contributed by atoms with Crippen LogP contribution < -0.4 is 4.72 Å². The smallest absolute Gasteiger partial charge is 0.335 e. The summed E-state index contributed by atoms with van der Waals surface area (Å²) in [6, 6.07) is 14.4. The number of hydrogen-bond donors (Lipinski definition) is 2. The first-order valence-corrected chi connectivity index (χ1v) is 12.2. The Morgan fingerprint density at radius 3 is 2.38 bits per heavy atom. The van der Waals surface area contributed by atoms with Gasteiger partial charge in [-0.3, -0.25) is 0 Å². The minimum absolute atomic E-state index is 0.00664. The molecule has 0 amide bonds. The number of benzene rings is 2. The van der Waals surface area contributed by atoms with Crippen molar-refractivity contribution in [3.8, 4) is 0 Å². The predicted octanol–water partition coefficient (Wildman–Crippen LogP) is 5.44. The minimum atomic E-state index is -3.81. The van der Waals surface area contributed by atoms with Crippen molar-refractivity contribution in [1.29, 1.82) is 0 Å². The summed E-state index contributed by atoms with van der Waals surface area (Å²) in [5.74, 6) is -1.14. The number of carboxylic acids is 1. The summed E-state index contributed by atoms with van der Waals surface area (Å²) in [7, 11) is -3.81. The summed E-state index contributed by atoms with van der Waals surface area (Å²) in [6.07, 6.45) is 8.03. The maximum atomic E-state index is 12.8. The lowest BCUT2D eigenvalue weighted by Gasteiger charge is -2.44. The molecule has 1 atom stereocenters. The normalized spacial score (nSPS) is 18.9. The zero-order chi connectivity index (χ0) is 23.6. The highest BCUT2D eigenvalue weighted by molar-refractivity contribution is 7.89. The number of allylic oxidation sites excluding steroid dienone is 4. The van der Waals surface area contributed by atoms with E-state index in [2.05, 4.69) is 55.9 Å². The third-order valence-electron chi connectivity index (χ3n) is 6.48. The molecule has 5 nitrogen and oxygen atoms in total. The Hall–Kier alpha value is -2.70. The second kappa shape index (κ2) is 9.04. The van der Waals surface area contributed by atoms with Crippen LogP contribution in [0.4, 0.5) is 0 Å². The number of hydrogen-bond acceptors (Lipinski definition) is 3. The van der Waals surface area contributed by atoms with E-state index < -0.39 is 16.0 Å². The number of nitrogens with one attached hydrogen (secondary N) is 1. The van der Waals surface area contributed by atoms with Gasteiger partial charge in [-0.25, -0.2) is 17.9 Å². The first-order valence-electron chi connectivity index (χ1n) is 10.7. The van der Waals surface area contributed by atoms with Crippen LogP contribution >= 0.6 is 0 Å². The van der Waals surface area contributed by atoms with Crippen LogP contribution in [-0.4, -0.2) is 26.0 Å². The molecular weight excluding hydrogens is 422 g/mol. The van der Waals surface area contributed by atoms with E-state index in [0.717, 1.165) is 6.42 Å². The first kappa shape index (κ1) is 24.0. The minimum Gasteiger partial charge on any atom is -0.478 e. The van der Waals surface area contributed by atoms with Crippen molar-refractivity contribution in [3.05, 3.63) is 83.4 Å². The van der Waals surface area contributed by atoms with Crippen LogP contribution in [0.15, 0.2) is 71.7 Å². The van der Waals surface area contributed by atoms with Crippen molar-refractivity contribution in [2.24, 2.45) is 10.8 Å². The van der Waals surface area contributed by atoms with Gasteiger partial charge in [-0.15, -0.1) is 0 Å². The number of aryl methyl sites for hydroxylation is 1. The molecule has 0 aliphatic heterocycles. The van der Waals surface area contributed by atoms with E-state index in [4.69, 9.17) is 0 Å². The molecule has 1 aliphatic carbocycles. The van der Waals surface area contributed by atoms with Gasteiger partial charge in [0.05, 0.1) is 10.5 Å². The van der Waals surface area contributed by atoms with Crippen molar-refractivity contribution in [2.75, 3.05) is 6.54 Å². The number of aromatic carboxylic acids is 1. The van der Waals surface area contributed by atoms with Gasteiger partial charge < -0.3 is 5.11 Å². The third-order valence-corrected chi connectivity index (χ3v) is 7.94. The van der Waals surface area contributed by atoms with Crippen molar-refractivity contribution in [3.63, 3.8) is 0 Å². The van der Waals surface area contributed by atoms with E-state index in [9.17, 15) is 18.3 Å². The highest BCUT2D eigenvalue weighted by Gasteiger charge is 2.40. The fourth-order valence-corrected chi connectivity index (χ4v) is 5.19. The Bertz CT molecular complexity index is 1160. The van der Waals surface area contributed by atoms with E-state index >= 15 is 0 Å². The van der Waals surface area contributed by atoms with Gasteiger partial charge in [-0.1, -0.05) is 75.4 Å². The van der Waals surface area contributed by atoms with Gasteiger partial charge in [0.2, 0.25) is 10.0 Å². The van der Waals surface area contributed by atoms with Crippen LogP contribution in [0.2, 0.25) is 0 Å². The molecule has 0 heterocycles. The number of carboxylic acid groups (broad SMARTS) is 1. The fourth-order valence-electron chi connectivity index (χ4n) is 4.13. The quantitative estimate of drug-likeness (QED) is 0.585. The zero-order valence-corrected chi connectivity index (χ0v) is 19.9. The summed E-state index contributed by atoms with van der Waals surface area (Å²) in [5, 5.41) is 9.30. The summed E-state index contributed by atoms with van der Waals surface area (Å²) < 4.78 is 28.3. The maximum absolute atomic E-state index is 12.8. The molecule has 0 bridgehead atoms. The second-order valence-corrected chi connectivity index (χ2v) is 11.2. The number of carbonyl (C=O) groups is 1. The SMILES string of the molecule is Cc1ccc(S(=O)(=O)NCCC2(C(C)(C)C)C=CC(c3ccccc3)=CC2)cc1C(=O)O. The Morgan fingerprint density at radius 1 is 1.12 bits per heavy atom. The Labute approximate surface area is 190 Å². The van der Waals surface area contributed by atoms with Crippen LogP contribution in [0.1, 0.15) is 55.1 Å². The summed E-state index contributed by atoms with van der Waals surface area (Å²) in [4.78, 5) is 11.3. The number of rotatable bonds is 7. The monoisotopic (exact) mass is 453 g/mol. The molecule has 170 valence electrons. The van der Waals surface area contributed by atoms with Crippen LogP contribution in [0.5, 0.6) is 0 Å². The summed E-state index contributed by atoms with van der Waals surface area (Å²) in [6.45, 7) is 8.42. The lowest BCUT2D eigenvalue weighted by atomic mass is 9.61. The average molecular weight is 454 g/mol. The molecule has 1 aliphatic rings. The van der Waals surface area contributed by atoms with Gasteiger partial charge in [0.15, 0.2) is 0 Å². The molecule has 0 fully saturated rings. The van der Waals surface area contributed by atoms with Crippen LogP contribution in [0, 0.1) is 17.8 Å². The second-order valence-electron chi connectivity index (χ2n) is 9.40. The van der Waals surface area contributed by atoms with Crippen molar-refractivity contribution in [2.45, 2.75) is 45.4 Å². The van der Waals surface area contributed by atoms with Gasteiger partial charge in [-0.05, 0) is 59.4 Å². The van der Waals surface area contributed by atoms with Gasteiger partial charge >= 0.3 is 5.97 Å². The first-order chi connectivity index (χ1) is 15.0. The summed E-state index contributed by atoms with van der Waals surface area (Å²) >= 11 is 0. The van der Waals surface area contributed by atoms with Crippen molar-refractivity contribution in [1.82, 2.24) is 4.72 Å². The maximum Gasteiger partial charge on any atom is 0.335 e. The molecule has 0 aromatic heterocycles. The van der Waals surface area contributed by atoms with E-state index in [1.165, 1.54) is 29.3 Å². The third kappa shape index (κ3) is 5.03. The zero-order valence-electron chi connectivity index (χ0n) is 19.1. The molecule has 2 aromatic carbocycles. The lowest BCUT2D eigenvalue weighted by Crippen LogP contribution is -2.38. The van der Waals surface area contributed by atoms with Crippen molar-refractivity contribution >= 4 is 21.6 Å². The summed E-state index contributed by atoms with van der Waals surface area (Å²) in [5.41, 5.74) is 2.58. The van der Waals surface area contributed by atoms with Gasteiger partial charge in [-0.2, -0.15) is 0 Å². The predicted molar refractivity (Wildman–Crippen MR) is 128 cm³/mol. The van der Waals surface area contributed by atoms with E-state index in [0.29, 0.717) is 12.0 Å². The number of sulfonamides is 1. The van der Waals surface area contributed by atoms with Gasteiger partial charge in [0.1, 0.15) is 0 Å². The molecule has 0 saturated heterocycles. The molecular formula is C26H31NO4S. The van der Waals surface area contributed by atoms with Crippen molar-refractivity contribution < 1.29 is 18.3 Å². The van der Waals surface area contributed by atoms with E-state index in [1.54, 1.807) is 6.92 Å². The largest absolute Gasteiger partial charge is 0.478 e. The molecule has 3 rings (SSSR count). The topological polar surface area (TPSA) is 83.5 Å². The molecule has 2 N–H and O–H groups in total. The highest BCUT2D eigenvalue weighted by Crippen LogP contribution is 2.49. The van der Waals surface area contributed by atoms with Gasteiger partial charge in [0.25, 0.3) is 0 Å². The average Bonchev–Trinajstić information content (AvgIpc) is 2.74. The molecule has 1 unspecified atom stereocenters. The fraction of sp³-hybridized carbons (Fsp3) is 0.346. The van der Waals surface area contributed by atoms with E-state index in [-0.39, 0.29) is 27.8 Å². The highest BCUT2D eigenvalue weighted by atomic mass is 32.2. The van der Waals surface area contributed by atoms with Crippen LogP contribution in [0.3, 0.4) is 0 Å².